The smallest absolute Gasteiger partial charge is 0.115 e. The van der Waals surface area contributed by atoms with Crippen molar-refractivity contribution in [2.45, 2.75) is 52.5 Å². The molecule has 1 atom stereocenters. The van der Waals surface area contributed by atoms with Gasteiger partial charge < -0.3 is 15.3 Å². The molecular weight excluding hydrogens is 408 g/mol. The lowest BCUT2D eigenvalue weighted by Crippen LogP contribution is -2.48. The van der Waals surface area contributed by atoms with Crippen molar-refractivity contribution in [3.63, 3.8) is 0 Å². The van der Waals surface area contributed by atoms with Crippen molar-refractivity contribution in [1.29, 1.82) is 0 Å². The number of unbranched alkanes of at least 4 members (excludes halogenated alkanes) is 1. The number of aromatic hydroxyl groups is 1. The van der Waals surface area contributed by atoms with Gasteiger partial charge in [0.2, 0.25) is 0 Å². The van der Waals surface area contributed by atoms with Gasteiger partial charge in [0.1, 0.15) is 5.75 Å². The molecule has 1 saturated heterocycles. The highest BCUT2D eigenvalue weighted by Gasteiger charge is 2.27. The third-order valence-corrected chi connectivity index (χ3v) is 6.46. The van der Waals surface area contributed by atoms with E-state index in [4.69, 9.17) is 0 Å². The second-order valence-corrected chi connectivity index (χ2v) is 9.08. The summed E-state index contributed by atoms with van der Waals surface area (Å²) in [4.78, 5) is 9.77. The van der Waals surface area contributed by atoms with Gasteiger partial charge in [-0.05, 0) is 88.3 Å². The fraction of sp³-hybridized carbons (Fsp3) is 0.464. The molecule has 1 aromatic carbocycles. The number of hydrogen-bond acceptors (Lipinski definition) is 5. The third-order valence-electron chi connectivity index (χ3n) is 6.46. The Labute approximate surface area is 199 Å². The minimum Gasteiger partial charge on any atom is -0.508 e. The monoisotopic (exact) mass is 448 g/mol. The highest BCUT2D eigenvalue weighted by Crippen LogP contribution is 2.29. The molecule has 0 bridgehead atoms. The number of piperazine rings is 1. The number of nitrogens with zero attached hydrogens (tertiary/aromatic N) is 3. The fourth-order valence-electron chi connectivity index (χ4n) is 4.25. The van der Waals surface area contributed by atoms with E-state index in [2.05, 4.69) is 65.4 Å². The van der Waals surface area contributed by atoms with Crippen molar-refractivity contribution in [2.24, 2.45) is 0 Å². The van der Waals surface area contributed by atoms with Crippen LogP contribution in [-0.2, 0) is 0 Å². The third kappa shape index (κ3) is 8.02. The Morgan fingerprint density at radius 3 is 2.39 bits per heavy atom. The molecule has 2 heterocycles. The van der Waals surface area contributed by atoms with Crippen molar-refractivity contribution >= 4 is 0 Å². The number of pyridine rings is 1. The molecule has 2 N–H and O–H groups in total. The molecule has 5 heteroatoms. The molecule has 0 saturated carbocycles. The first-order valence-corrected chi connectivity index (χ1v) is 12.3. The van der Waals surface area contributed by atoms with Crippen molar-refractivity contribution in [3.8, 4) is 5.75 Å². The minimum atomic E-state index is 0.125. The average Bonchev–Trinajstić information content (AvgIpc) is 2.84. The summed E-state index contributed by atoms with van der Waals surface area (Å²) in [5.74, 6) is 0.303. The largest absolute Gasteiger partial charge is 0.508 e. The van der Waals surface area contributed by atoms with Gasteiger partial charge in [0, 0.05) is 32.4 Å². The van der Waals surface area contributed by atoms with Crippen LogP contribution in [0.25, 0.3) is 0 Å². The zero-order valence-electron chi connectivity index (χ0n) is 20.5. The van der Waals surface area contributed by atoms with Crippen LogP contribution in [0.2, 0.25) is 0 Å². The van der Waals surface area contributed by atoms with Gasteiger partial charge in [0.05, 0.1) is 11.7 Å². The van der Waals surface area contributed by atoms with E-state index in [9.17, 15) is 5.11 Å². The molecule has 0 aliphatic carbocycles. The van der Waals surface area contributed by atoms with E-state index in [0.29, 0.717) is 5.75 Å². The first kappa shape index (κ1) is 25.0. The van der Waals surface area contributed by atoms with E-state index in [1.54, 1.807) is 12.1 Å². The number of allylic oxidation sites excluding steroid dienone is 2. The number of rotatable bonds is 11. The highest BCUT2D eigenvalue weighted by molar-refractivity contribution is 5.32. The summed E-state index contributed by atoms with van der Waals surface area (Å²) in [5.41, 5.74) is 5.03. The van der Waals surface area contributed by atoms with E-state index < -0.39 is 0 Å². The number of benzene rings is 1. The number of nitrogens with one attached hydrogen (secondary N) is 1. The van der Waals surface area contributed by atoms with Crippen LogP contribution >= 0.6 is 0 Å². The second kappa shape index (κ2) is 13.2. The van der Waals surface area contributed by atoms with E-state index in [0.717, 1.165) is 51.3 Å². The average molecular weight is 449 g/mol. The molecule has 0 amide bonds. The van der Waals surface area contributed by atoms with Crippen molar-refractivity contribution in [2.75, 3.05) is 32.7 Å². The molecule has 2 aromatic rings. The van der Waals surface area contributed by atoms with Gasteiger partial charge in [-0.25, -0.2) is 0 Å². The molecule has 0 spiro atoms. The lowest BCUT2D eigenvalue weighted by molar-refractivity contribution is 0.107. The quantitative estimate of drug-likeness (QED) is 0.446. The van der Waals surface area contributed by atoms with Gasteiger partial charge in [-0.3, -0.25) is 9.88 Å². The molecule has 1 aliphatic rings. The zero-order valence-corrected chi connectivity index (χ0v) is 20.5. The SMILES string of the molecule is CC/C(C)=C/N/C=C(\C)CCCCN1CCN(C(c2ccc(O)cc2)c2ccccn2)CC1. The van der Waals surface area contributed by atoms with E-state index in [1.807, 2.05) is 24.4 Å². The van der Waals surface area contributed by atoms with Gasteiger partial charge in [-0.15, -0.1) is 0 Å². The lowest BCUT2D eigenvalue weighted by Gasteiger charge is -2.39. The summed E-state index contributed by atoms with van der Waals surface area (Å²) in [6.45, 7) is 11.9. The first-order chi connectivity index (χ1) is 16.1. The normalized spacial score (nSPS) is 17.2. The molecule has 3 rings (SSSR count). The molecule has 5 nitrogen and oxygen atoms in total. The maximum atomic E-state index is 9.72. The lowest BCUT2D eigenvalue weighted by atomic mass is 10.00. The Morgan fingerprint density at radius 1 is 1.00 bits per heavy atom. The number of phenolic OH excluding ortho intramolecular Hbond substituents is 1. The van der Waals surface area contributed by atoms with Gasteiger partial charge in [0.15, 0.2) is 0 Å². The van der Waals surface area contributed by atoms with Crippen LogP contribution in [0.15, 0.2) is 72.2 Å². The molecular formula is C28H40N4O. The predicted octanol–water partition coefficient (Wildman–Crippen LogP) is 5.47. The van der Waals surface area contributed by atoms with Crippen LogP contribution in [0.1, 0.15) is 63.8 Å². The molecule has 1 aromatic heterocycles. The summed E-state index contributed by atoms with van der Waals surface area (Å²) in [6.07, 6.45) is 10.8. The summed E-state index contributed by atoms with van der Waals surface area (Å²) in [5, 5.41) is 13.0. The van der Waals surface area contributed by atoms with Crippen LogP contribution in [0.4, 0.5) is 0 Å². The van der Waals surface area contributed by atoms with Crippen LogP contribution < -0.4 is 5.32 Å². The van der Waals surface area contributed by atoms with Crippen LogP contribution in [0.3, 0.4) is 0 Å². The second-order valence-electron chi connectivity index (χ2n) is 9.08. The summed E-state index contributed by atoms with van der Waals surface area (Å²) >= 11 is 0. The van der Waals surface area contributed by atoms with Crippen LogP contribution in [0, 0.1) is 0 Å². The van der Waals surface area contributed by atoms with Crippen LogP contribution in [-0.4, -0.2) is 52.6 Å². The summed E-state index contributed by atoms with van der Waals surface area (Å²) < 4.78 is 0. The highest BCUT2D eigenvalue weighted by atomic mass is 16.3. The predicted molar refractivity (Wildman–Crippen MR) is 137 cm³/mol. The molecule has 33 heavy (non-hydrogen) atoms. The van der Waals surface area contributed by atoms with E-state index in [1.165, 1.54) is 29.6 Å². The first-order valence-electron chi connectivity index (χ1n) is 12.3. The summed E-state index contributed by atoms with van der Waals surface area (Å²) in [6, 6.07) is 13.8. The Hall–Kier alpha value is -2.63. The van der Waals surface area contributed by atoms with Gasteiger partial charge in [-0.1, -0.05) is 36.3 Å². The number of hydrogen-bond donors (Lipinski definition) is 2. The fourth-order valence-corrected chi connectivity index (χ4v) is 4.25. The molecule has 0 radical (unpaired) electrons. The maximum absolute atomic E-state index is 9.72. The maximum Gasteiger partial charge on any atom is 0.115 e. The molecule has 178 valence electrons. The van der Waals surface area contributed by atoms with Gasteiger partial charge >= 0.3 is 0 Å². The Balaban J connectivity index is 1.47. The van der Waals surface area contributed by atoms with Crippen molar-refractivity contribution < 1.29 is 5.11 Å². The Kier molecular flexibility index (Phi) is 9.98. The van der Waals surface area contributed by atoms with Crippen LogP contribution in [0.5, 0.6) is 5.75 Å². The Morgan fingerprint density at radius 2 is 1.73 bits per heavy atom. The van der Waals surface area contributed by atoms with Crippen molar-refractivity contribution in [1.82, 2.24) is 20.1 Å². The topological polar surface area (TPSA) is 51.6 Å². The molecule has 1 fully saturated rings. The standard InChI is InChI=1S/C28H40N4O/c1-4-23(2)21-29-22-24(3)9-6-8-16-31-17-19-32(20-18-31)28(27-10-5-7-15-30-27)25-11-13-26(33)14-12-25/h5,7,10-15,21-22,28-29,33H,4,6,8-9,16-20H2,1-3H3/b23-21+,24-22+. The van der Waals surface area contributed by atoms with Crippen molar-refractivity contribution in [3.05, 3.63) is 83.5 Å². The number of phenols is 1. The van der Waals surface area contributed by atoms with E-state index in [-0.39, 0.29) is 6.04 Å². The summed E-state index contributed by atoms with van der Waals surface area (Å²) in [7, 11) is 0. The molecule has 1 unspecified atom stereocenters. The minimum absolute atomic E-state index is 0.125. The number of aromatic nitrogens is 1. The molecule has 1 aliphatic heterocycles. The Bertz CT molecular complexity index is 884. The van der Waals surface area contributed by atoms with Gasteiger partial charge in [-0.2, -0.15) is 0 Å². The zero-order chi connectivity index (χ0) is 23.5. The van der Waals surface area contributed by atoms with Gasteiger partial charge in [0.25, 0.3) is 0 Å². The van der Waals surface area contributed by atoms with E-state index >= 15 is 0 Å².